The molecule has 3 aromatic rings. The quantitative estimate of drug-likeness (QED) is 0.189. The zero-order chi connectivity index (χ0) is 35.8. The first kappa shape index (κ1) is 34.8. The number of pyridine rings is 1. The number of carbonyl (C=O) groups excluding carboxylic acids is 4. The molecule has 3 amide bonds. The lowest BCUT2D eigenvalue weighted by atomic mass is 10.0. The minimum absolute atomic E-state index is 0.0182. The Balaban J connectivity index is 1.30. The van der Waals surface area contributed by atoms with Crippen LogP contribution in [0.4, 0.5) is 0 Å². The third kappa shape index (κ3) is 7.00. The molecule has 5 atom stereocenters. The van der Waals surface area contributed by atoms with E-state index in [-0.39, 0.29) is 31.6 Å². The highest BCUT2D eigenvalue weighted by atomic mass is 32.2. The molecule has 12 nitrogen and oxygen atoms in total. The summed E-state index contributed by atoms with van der Waals surface area (Å²) in [7, 11) is -2.31. The highest BCUT2D eigenvalue weighted by molar-refractivity contribution is 7.91. The van der Waals surface area contributed by atoms with Crippen LogP contribution in [-0.4, -0.2) is 78.4 Å². The van der Waals surface area contributed by atoms with Crippen LogP contribution in [0.3, 0.4) is 0 Å². The topological polar surface area (TPSA) is 161 Å². The molecule has 2 heterocycles. The Labute approximate surface area is 291 Å². The summed E-state index contributed by atoms with van der Waals surface area (Å²) in [6.45, 7) is 8.88. The fraction of sp³-hybridized carbons (Fsp3) is 0.378. The van der Waals surface area contributed by atoms with Crippen LogP contribution >= 0.6 is 0 Å². The minimum Gasteiger partial charge on any atom is -0.497 e. The molecule has 2 aromatic carbocycles. The Morgan fingerprint density at radius 2 is 1.84 bits per heavy atom. The minimum atomic E-state index is -3.88. The summed E-state index contributed by atoms with van der Waals surface area (Å²) in [5.41, 5.74) is 0.605. The summed E-state index contributed by atoms with van der Waals surface area (Å²) in [5, 5.41) is 2.85. The number of hydrogen-bond donors (Lipinski definition) is 2. The van der Waals surface area contributed by atoms with E-state index in [9.17, 15) is 27.6 Å². The molecule has 1 saturated heterocycles. The number of methoxy groups -OCH3 is 1. The van der Waals surface area contributed by atoms with Gasteiger partial charge in [0.25, 0.3) is 5.91 Å². The van der Waals surface area contributed by atoms with Crippen LogP contribution in [0.25, 0.3) is 22.2 Å². The van der Waals surface area contributed by atoms with Crippen LogP contribution in [0.15, 0.2) is 79.9 Å². The average Bonchev–Trinajstić information content (AvgIpc) is 4.04. The molecule has 6 rings (SSSR count). The third-order valence-electron chi connectivity index (χ3n) is 9.60. The summed E-state index contributed by atoms with van der Waals surface area (Å²) in [4.78, 5) is 59.7. The summed E-state index contributed by atoms with van der Waals surface area (Å²) in [6, 6.07) is 15.7. The normalized spacial score (nSPS) is 23.4. The molecule has 1 aliphatic heterocycles. The first-order valence-electron chi connectivity index (χ1n) is 16.6. The van der Waals surface area contributed by atoms with Gasteiger partial charge in [-0.2, -0.15) is 0 Å². The van der Waals surface area contributed by atoms with E-state index in [0.717, 1.165) is 11.6 Å². The summed E-state index contributed by atoms with van der Waals surface area (Å²) in [5.74, 6) is -2.39. The first-order chi connectivity index (χ1) is 23.9. The molecule has 0 spiro atoms. The number of ether oxygens (including phenoxy) is 2. The number of amides is 3. The number of sulfonamides is 1. The van der Waals surface area contributed by atoms with E-state index in [2.05, 4.69) is 23.2 Å². The van der Waals surface area contributed by atoms with Crippen molar-refractivity contribution in [3.05, 3.63) is 79.9 Å². The van der Waals surface area contributed by atoms with Gasteiger partial charge in [-0.25, -0.2) is 13.4 Å². The maximum atomic E-state index is 14.1. The number of likely N-dealkylation sites (tertiary alicyclic amines) is 1. The molecule has 2 saturated carbocycles. The van der Waals surface area contributed by atoms with Gasteiger partial charge >= 0.3 is 0 Å². The van der Waals surface area contributed by atoms with Gasteiger partial charge in [-0.1, -0.05) is 49.9 Å². The van der Waals surface area contributed by atoms with Crippen LogP contribution in [0.1, 0.15) is 39.0 Å². The molecule has 1 unspecified atom stereocenters. The van der Waals surface area contributed by atoms with Gasteiger partial charge in [0, 0.05) is 47.8 Å². The smallest absolute Gasteiger partial charge is 0.259 e. The number of benzene rings is 2. The van der Waals surface area contributed by atoms with Crippen molar-refractivity contribution < 1.29 is 37.1 Å². The van der Waals surface area contributed by atoms with Crippen molar-refractivity contribution in [2.24, 2.45) is 11.8 Å². The van der Waals surface area contributed by atoms with Gasteiger partial charge in [-0.05, 0) is 37.5 Å². The van der Waals surface area contributed by atoms with Crippen molar-refractivity contribution in [2.45, 2.75) is 62.0 Å². The van der Waals surface area contributed by atoms with Crippen LogP contribution in [0.5, 0.6) is 11.5 Å². The second-order valence-corrected chi connectivity index (χ2v) is 15.2. The Kier molecular flexibility index (Phi) is 9.54. The Morgan fingerprint density at radius 1 is 1.10 bits per heavy atom. The van der Waals surface area contributed by atoms with E-state index < -0.39 is 62.5 Å². The largest absolute Gasteiger partial charge is 0.497 e. The maximum Gasteiger partial charge on any atom is 0.259 e. The number of allylic oxidation sites excluding steroid dienone is 1. The molecule has 50 heavy (non-hydrogen) atoms. The van der Waals surface area contributed by atoms with E-state index in [1.807, 2.05) is 42.5 Å². The van der Waals surface area contributed by atoms with Gasteiger partial charge in [0.2, 0.25) is 21.8 Å². The average molecular weight is 701 g/mol. The summed E-state index contributed by atoms with van der Waals surface area (Å²) < 4.78 is 39.4. The predicted molar refractivity (Wildman–Crippen MR) is 187 cm³/mol. The van der Waals surface area contributed by atoms with E-state index in [0.29, 0.717) is 40.9 Å². The van der Waals surface area contributed by atoms with E-state index in [1.54, 1.807) is 26.2 Å². The monoisotopic (exact) mass is 700 g/mol. The molecule has 13 heteroatoms. The van der Waals surface area contributed by atoms with Crippen molar-refractivity contribution in [1.82, 2.24) is 19.9 Å². The van der Waals surface area contributed by atoms with Crippen LogP contribution in [-0.2, 0) is 29.2 Å². The molecular formula is C37H40N4O8S. The van der Waals surface area contributed by atoms with Crippen molar-refractivity contribution in [2.75, 3.05) is 13.7 Å². The maximum absolute atomic E-state index is 14.1. The Hall–Kier alpha value is -5.04. The molecule has 3 fully saturated rings. The SMILES string of the molecule is C=CC(=O)C[C@H](C)C(=O)N1CC(Oc2cc(-c3ccccc3)nc3cc(OC)ccc23)C[C@H]1C(=O)N[C@]1(C(=O)NS(=O)(=O)C2CC2)C[C@H]1C=C. The summed E-state index contributed by atoms with van der Waals surface area (Å²) >= 11 is 0. The number of rotatable bonds is 14. The number of nitrogens with one attached hydrogen (secondary N) is 2. The van der Waals surface area contributed by atoms with Crippen molar-refractivity contribution in [3.8, 4) is 22.8 Å². The van der Waals surface area contributed by atoms with Gasteiger partial charge in [-0.15, -0.1) is 6.58 Å². The number of carbonyl (C=O) groups is 4. The summed E-state index contributed by atoms with van der Waals surface area (Å²) in [6.07, 6.45) is 3.05. The fourth-order valence-corrected chi connectivity index (χ4v) is 7.85. The van der Waals surface area contributed by atoms with E-state index >= 15 is 0 Å². The third-order valence-corrected chi connectivity index (χ3v) is 11.4. The molecule has 2 N–H and O–H groups in total. The van der Waals surface area contributed by atoms with Gasteiger partial charge in [0.15, 0.2) is 5.78 Å². The van der Waals surface area contributed by atoms with Gasteiger partial charge in [-0.3, -0.25) is 23.9 Å². The molecule has 0 bridgehead atoms. The second-order valence-electron chi connectivity index (χ2n) is 13.2. The standard InChI is InChI=1S/C37H40N4O8S/c1-5-24-20-37(24,36(45)40-50(46,47)28-13-14-28)39-34(43)32-18-27(21-41(32)35(44)22(3)16-25(42)6-2)49-33-19-30(23-10-8-7-9-11-23)38-31-17-26(48-4)12-15-29(31)33/h5-12,15,17,19,22,24,27-28,32H,1-2,13-14,16,18,20-21H2,3-4H3,(H,39,43)(H,40,45)/t22-,24+,27?,32-,37+/m0/s1. The Bertz CT molecular complexity index is 1980. The number of aromatic nitrogens is 1. The fourth-order valence-electron chi connectivity index (χ4n) is 6.49. The molecule has 262 valence electrons. The highest BCUT2D eigenvalue weighted by Gasteiger charge is 2.62. The first-order valence-corrected chi connectivity index (χ1v) is 18.1. The molecule has 3 aliphatic rings. The Morgan fingerprint density at radius 3 is 2.48 bits per heavy atom. The second kappa shape index (κ2) is 13.7. The van der Waals surface area contributed by atoms with Crippen LogP contribution < -0.4 is 19.5 Å². The lowest BCUT2D eigenvalue weighted by Gasteiger charge is -2.28. The number of ketones is 1. The zero-order valence-electron chi connectivity index (χ0n) is 28.0. The lowest BCUT2D eigenvalue weighted by molar-refractivity contribution is -0.143. The highest BCUT2D eigenvalue weighted by Crippen LogP contribution is 2.45. The molecule has 0 radical (unpaired) electrons. The van der Waals surface area contributed by atoms with Gasteiger partial charge in [0.05, 0.1) is 30.1 Å². The number of fused-ring (bicyclic) bond motifs is 1. The van der Waals surface area contributed by atoms with E-state index in [4.69, 9.17) is 14.5 Å². The molecule has 1 aromatic heterocycles. The zero-order valence-corrected chi connectivity index (χ0v) is 28.8. The van der Waals surface area contributed by atoms with Crippen molar-refractivity contribution in [3.63, 3.8) is 0 Å². The van der Waals surface area contributed by atoms with Gasteiger partial charge in [0.1, 0.15) is 29.2 Å². The lowest BCUT2D eigenvalue weighted by Crippen LogP contribution is -2.57. The molecule has 2 aliphatic carbocycles. The van der Waals surface area contributed by atoms with Crippen molar-refractivity contribution in [1.29, 1.82) is 0 Å². The number of nitrogens with zero attached hydrogens (tertiary/aromatic N) is 2. The van der Waals surface area contributed by atoms with Crippen LogP contribution in [0, 0.1) is 11.8 Å². The predicted octanol–water partition coefficient (Wildman–Crippen LogP) is 3.71. The van der Waals surface area contributed by atoms with E-state index in [1.165, 1.54) is 11.0 Å². The molecular weight excluding hydrogens is 660 g/mol. The van der Waals surface area contributed by atoms with Crippen LogP contribution in [0.2, 0.25) is 0 Å². The van der Waals surface area contributed by atoms with Gasteiger partial charge < -0.3 is 19.7 Å². The van der Waals surface area contributed by atoms with Crippen molar-refractivity contribution >= 4 is 44.4 Å². The number of hydrogen-bond acceptors (Lipinski definition) is 9.